The van der Waals surface area contributed by atoms with Gasteiger partial charge in [-0.2, -0.15) is 0 Å². The predicted octanol–water partition coefficient (Wildman–Crippen LogP) is 2.92. The minimum absolute atomic E-state index is 0. The molecule has 0 amide bonds. The third-order valence-electron chi connectivity index (χ3n) is 3.37. The number of likely N-dealkylation sites (tertiary alicyclic amines) is 1. The standard InChI is InChI=1S/C13H22N4S.HI/c1-9-5-4-6-17(8-9)13(14)15-7-12-10(2)18-11(3)16-12;/h9H,4-8H2,1-3H3,(H2,14,15);1H. The largest absolute Gasteiger partial charge is 0.370 e. The molecule has 1 atom stereocenters. The van der Waals surface area contributed by atoms with Crippen LogP contribution in [0.3, 0.4) is 0 Å². The van der Waals surface area contributed by atoms with Gasteiger partial charge in [-0.1, -0.05) is 6.92 Å². The van der Waals surface area contributed by atoms with Crippen LogP contribution in [-0.4, -0.2) is 28.9 Å². The molecule has 1 aromatic heterocycles. The second kappa shape index (κ2) is 7.42. The lowest BCUT2D eigenvalue weighted by molar-refractivity contribution is 0.270. The molecule has 1 aliphatic heterocycles. The molecule has 1 unspecified atom stereocenters. The van der Waals surface area contributed by atoms with E-state index in [9.17, 15) is 0 Å². The maximum atomic E-state index is 6.07. The molecule has 1 aromatic rings. The Morgan fingerprint density at radius 1 is 1.53 bits per heavy atom. The SMILES string of the molecule is Cc1nc(CN=C(N)N2CCCC(C)C2)c(C)s1.I. The fourth-order valence-electron chi connectivity index (χ4n) is 2.37. The highest BCUT2D eigenvalue weighted by Crippen LogP contribution is 2.18. The lowest BCUT2D eigenvalue weighted by Crippen LogP contribution is -2.43. The predicted molar refractivity (Wildman–Crippen MR) is 92.3 cm³/mol. The number of guanidine groups is 1. The Morgan fingerprint density at radius 3 is 2.84 bits per heavy atom. The van der Waals surface area contributed by atoms with E-state index in [1.807, 2.05) is 6.92 Å². The van der Waals surface area contributed by atoms with Crippen molar-refractivity contribution in [2.45, 2.75) is 40.2 Å². The van der Waals surface area contributed by atoms with Crippen molar-refractivity contribution < 1.29 is 0 Å². The molecule has 0 aliphatic carbocycles. The van der Waals surface area contributed by atoms with Gasteiger partial charge in [0.25, 0.3) is 0 Å². The maximum Gasteiger partial charge on any atom is 0.191 e. The van der Waals surface area contributed by atoms with Crippen LogP contribution >= 0.6 is 35.3 Å². The fourth-order valence-corrected chi connectivity index (χ4v) is 3.20. The fraction of sp³-hybridized carbons (Fsp3) is 0.692. The summed E-state index contributed by atoms with van der Waals surface area (Å²) in [6, 6.07) is 0. The zero-order valence-electron chi connectivity index (χ0n) is 11.8. The number of piperidine rings is 1. The van der Waals surface area contributed by atoms with Crippen molar-refractivity contribution in [2.24, 2.45) is 16.6 Å². The molecule has 2 N–H and O–H groups in total. The number of nitrogens with zero attached hydrogens (tertiary/aromatic N) is 3. The number of aryl methyl sites for hydroxylation is 2. The molecule has 0 aromatic carbocycles. The van der Waals surface area contributed by atoms with Gasteiger partial charge in [0.2, 0.25) is 0 Å². The Hall–Kier alpha value is -0.370. The molecular weight excluding hydrogens is 371 g/mol. The third kappa shape index (κ3) is 4.59. The highest BCUT2D eigenvalue weighted by Gasteiger charge is 2.17. The summed E-state index contributed by atoms with van der Waals surface area (Å²) in [5.41, 5.74) is 7.13. The Bertz CT molecular complexity index is 444. The zero-order valence-corrected chi connectivity index (χ0v) is 15.0. The smallest absolute Gasteiger partial charge is 0.191 e. The molecule has 0 spiro atoms. The molecule has 2 heterocycles. The molecule has 0 bridgehead atoms. The highest BCUT2D eigenvalue weighted by molar-refractivity contribution is 14.0. The Balaban J connectivity index is 0.00000180. The van der Waals surface area contributed by atoms with Gasteiger partial charge in [-0.05, 0) is 32.6 Å². The molecule has 6 heteroatoms. The number of aliphatic imine (C=N–C) groups is 1. The minimum atomic E-state index is 0. The lowest BCUT2D eigenvalue weighted by Gasteiger charge is -2.31. The van der Waals surface area contributed by atoms with Gasteiger partial charge in [-0.3, -0.25) is 0 Å². The quantitative estimate of drug-likeness (QED) is 0.477. The van der Waals surface area contributed by atoms with Gasteiger partial charge >= 0.3 is 0 Å². The average molecular weight is 394 g/mol. The minimum Gasteiger partial charge on any atom is -0.370 e. The van der Waals surface area contributed by atoms with E-state index in [0.717, 1.165) is 29.7 Å². The first-order valence-electron chi connectivity index (χ1n) is 6.54. The number of nitrogens with two attached hydrogens (primary N) is 1. The molecular formula is C13H23IN4S. The number of aromatic nitrogens is 1. The molecule has 4 nitrogen and oxygen atoms in total. The van der Waals surface area contributed by atoms with Gasteiger partial charge < -0.3 is 10.6 Å². The first-order chi connectivity index (χ1) is 8.56. The van der Waals surface area contributed by atoms with Crippen LogP contribution in [0.15, 0.2) is 4.99 Å². The number of rotatable bonds is 2. The van der Waals surface area contributed by atoms with Gasteiger partial charge in [-0.15, -0.1) is 35.3 Å². The van der Waals surface area contributed by atoms with Crippen molar-refractivity contribution in [3.05, 3.63) is 15.6 Å². The van der Waals surface area contributed by atoms with Crippen molar-refractivity contribution in [1.82, 2.24) is 9.88 Å². The Morgan fingerprint density at radius 2 is 2.26 bits per heavy atom. The van der Waals surface area contributed by atoms with Crippen molar-refractivity contribution in [2.75, 3.05) is 13.1 Å². The topological polar surface area (TPSA) is 54.5 Å². The molecule has 1 aliphatic rings. The van der Waals surface area contributed by atoms with E-state index in [-0.39, 0.29) is 24.0 Å². The second-order valence-corrected chi connectivity index (χ2v) is 6.51. The molecule has 1 fully saturated rings. The monoisotopic (exact) mass is 394 g/mol. The lowest BCUT2D eigenvalue weighted by atomic mass is 10.0. The summed E-state index contributed by atoms with van der Waals surface area (Å²) in [7, 11) is 0. The van der Waals surface area contributed by atoms with Gasteiger partial charge in [-0.25, -0.2) is 9.98 Å². The highest BCUT2D eigenvalue weighted by atomic mass is 127. The summed E-state index contributed by atoms with van der Waals surface area (Å²) >= 11 is 1.72. The van der Waals surface area contributed by atoms with Gasteiger partial charge in [0.05, 0.1) is 17.2 Å². The van der Waals surface area contributed by atoms with Crippen molar-refractivity contribution >= 4 is 41.3 Å². The summed E-state index contributed by atoms with van der Waals surface area (Å²) in [5.74, 6) is 1.39. The van der Waals surface area contributed by atoms with E-state index in [1.165, 1.54) is 17.7 Å². The maximum absolute atomic E-state index is 6.07. The van der Waals surface area contributed by atoms with Crippen LogP contribution in [0.25, 0.3) is 0 Å². The normalized spacial score (nSPS) is 20.3. The summed E-state index contributed by atoms with van der Waals surface area (Å²) in [4.78, 5) is 12.4. The van der Waals surface area contributed by atoms with Crippen LogP contribution in [0, 0.1) is 19.8 Å². The molecule has 108 valence electrons. The van der Waals surface area contributed by atoms with Crippen LogP contribution in [0.5, 0.6) is 0 Å². The third-order valence-corrected chi connectivity index (χ3v) is 4.30. The molecule has 2 rings (SSSR count). The number of hydrogen-bond donors (Lipinski definition) is 1. The Labute approximate surface area is 136 Å². The van der Waals surface area contributed by atoms with Crippen LogP contribution in [-0.2, 0) is 6.54 Å². The van der Waals surface area contributed by atoms with E-state index >= 15 is 0 Å². The van der Waals surface area contributed by atoms with E-state index in [2.05, 4.69) is 28.7 Å². The van der Waals surface area contributed by atoms with E-state index in [1.54, 1.807) is 11.3 Å². The summed E-state index contributed by atoms with van der Waals surface area (Å²) < 4.78 is 0. The van der Waals surface area contributed by atoms with Gasteiger partial charge in [0.1, 0.15) is 0 Å². The van der Waals surface area contributed by atoms with Crippen molar-refractivity contribution in [3.63, 3.8) is 0 Å². The molecule has 0 radical (unpaired) electrons. The van der Waals surface area contributed by atoms with Crippen LogP contribution < -0.4 is 5.73 Å². The van der Waals surface area contributed by atoms with E-state index < -0.39 is 0 Å². The van der Waals surface area contributed by atoms with Crippen LogP contribution in [0.4, 0.5) is 0 Å². The number of thiazole rings is 1. The van der Waals surface area contributed by atoms with Gasteiger partial charge in [0.15, 0.2) is 5.96 Å². The Kier molecular flexibility index (Phi) is 6.52. The number of hydrogen-bond acceptors (Lipinski definition) is 3. The molecule has 0 saturated carbocycles. The molecule has 1 saturated heterocycles. The van der Waals surface area contributed by atoms with Gasteiger partial charge in [0, 0.05) is 18.0 Å². The zero-order chi connectivity index (χ0) is 13.1. The first-order valence-corrected chi connectivity index (χ1v) is 7.35. The summed E-state index contributed by atoms with van der Waals surface area (Å²) in [5, 5.41) is 1.10. The average Bonchev–Trinajstić information content (AvgIpc) is 2.65. The van der Waals surface area contributed by atoms with Crippen LogP contribution in [0.2, 0.25) is 0 Å². The second-order valence-electron chi connectivity index (χ2n) is 5.10. The summed E-state index contributed by atoms with van der Waals surface area (Å²) in [6.07, 6.45) is 2.51. The van der Waals surface area contributed by atoms with Crippen LogP contribution in [0.1, 0.15) is 35.3 Å². The van der Waals surface area contributed by atoms with E-state index in [4.69, 9.17) is 5.73 Å². The van der Waals surface area contributed by atoms with Crippen molar-refractivity contribution in [3.8, 4) is 0 Å². The first kappa shape index (κ1) is 16.7. The van der Waals surface area contributed by atoms with Crippen molar-refractivity contribution in [1.29, 1.82) is 0 Å². The van der Waals surface area contributed by atoms with E-state index in [0.29, 0.717) is 12.5 Å². The summed E-state index contributed by atoms with van der Waals surface area (Å²) in [6.45, 7) is 9.06. The number of halogens is 1. The molecule has 19 heavy (non-hydrogen) atoms.